The maximum Gasteiger partial charge on any atom is 0.414 e. The van der Waals surface area contributed by atoms with Crippen molar-refractivity contribution in [3.8, 4) is 0 Å². The molecule has 0 amide bonds. The van der Waals surface area contributed by atoms with Gasteiger partial charge >= 0.3 is 17.9 Å². The Morgan fingerprint density at radius 1 is 0.735 bits per heavy atom. The second kappa shape index (κ2) is 17.3. The van der Waals surface area contributed by atoms with E-state index in [2.05, 4.69) is 17.4 Å². The van der Waals surface area contributed by atoms with E-state index in [0.29, 0.717) is 13.0 Å². The molecule has 34 heavy (non-hydrogen) atoms. The summed E-state index contributed by atoms with van der Waals surface area (Å²) in [6, 6.07) is 19.8. The molecule has 0 bridgehead atoms. The van der Waals surface area contributed by atoms with Crippen LogP contribution in [0.15, 0.2) is 60.7 Å². The number of carboxylic acids is 3. The molecule has 8 nitrogen and oxygen atoms in total. The van der Waals surface area contributed by atoms with Crippen molar-refractivity contribution in [1.29, 1.82) is 0 Å². The monoisotopic (exact) mass is 473 g/mol. The average molecular weight is 474 g/mol. The molecule has 2 rings (SSSR count). The van der Waals surface area contributed by atoms with E-state index in [1.165, 1.54) is 5.56 Å². The van der Waals surface area contributed by atoms with Gasteiger partial charge in [-0.05, 0) is 43.4 Å². The fourth-order valence-electron chi connectivity index (χ4n) is 3.40. The Morgan fingerprint density at radius 2 is 1.29 bits per heavy atom. The first-order valence-electron chi connectivity index (χ1n) is 11.5. The zero-order chi connectivity index (χ0) is 25.2. The highest BCUT2D eigenvalue weighted by Gasteiger charge is 2.16. The molecule has 0 aliphatic carbocycles. The molecule has 0 spiro atoms. The molecule has 0 aliphatic heterocycles. The Kier molecular flexibility index (Phi) is 14.6. The number of aliphatic carboxylic acids is 3. The molecule has 0 fully saturated rings. The molecule has 2 aromatic carbocycles. The molecular formula is C26H35NO7. The highest BCUT2D eigenvalue weighted by atomic mass is 16.4. The van der Waals surface area contributed by atoms with Crippen LogP contribution in [-0.2, 0) is 20.8 Å². The predicted molar refractivity (Wildman–Crippen MR) is 129 cm³/mol. The van der Waals surface area contributed by atoms with Gasteiger partial charge in [-0.1, -0.05) is 79.9 Å². The van der Waals surface area contributed by atoms with Gasteiger partial charge in [-0.15, -0.1) is 0 Å². The van der Waals surface area contributed by atoms with E-state index >= 15 is 0 Å². The second-order valence-electron chi connectivity index (χ2n) is 8.00. The topological polar surface area (TPSA) is 144 Å². The minimum atomic E-state index is -1.82. The van der Waals surface area contributed by atoms with Crippen LogP contribution in [0.4, 0.5) is 0 Å². The summed E-state index contributed by atoms with van der Waals surface area (Å²) in [5, 5.41) is 37.6. The minimum absolute atomic E-state index is 0.251. The van der Waals surface area contributed by atoms with Gasteiger partial charge < -0.3 is 25.7 Å². The molecule has 186 valence electrons. The summed E-state index contributed by atoms with van der Waals surface area (Å²) in [6.45, 7) is 1.44. The second-order valence-corrected chi connectivity index (χ2v) is 8.00. The SMILES string of the molecule is O=C(O)C(=O)O.O=C(O)C(CCCCCCNCC(O)c1ccccc1)CCc1ccccc1. The smallest absolute Gasteiger partial charge is 0.414 e. The first-order chi connectivity index (χ1) is 16.3. The Labute approximate surface area is 200 Å². The highest BCUT2D eigenvalue weighted by molar-refractivity contribution is 6.27. The zero-order valence-corrected chi connectivity index (χ0v) is 19.3. The molecule has 0 saturated heterocycles. The Bertz CT molecular complexity index is 831. The van der Waals surface area contributed by atoms with Crippen molar-refractivity contribution in [2.24, 2.45) is 5.92 Å². The van der Waals surface area contributed by atoms with Crippen molar-refractivity contribution in [1.82, 2.24) is 5.32 Å². The van der Waals surface area contributed by atoms with Crippen LogP contribution >= 0.6 is 0 Å². The van der Waals surface area contributed by atoms with Gasteiger partial charge in [0.05, 0.1) is 12.0 Å². The predicted octanol–water partition coefficient (Wildman–Crippen LogP) is 3.75. The summed E-state index contributed by atoms with van der Waals surface area (Å²) in [5.41, 5.74) is 2.14. The first kappa shape index (κ1) is 28.8. The van der Waals surface area contributed by atoms with Crippen molar-refractivity contribution in [3.05, 3.63) is 71.8 Å². The van der Waals surface area contributed by atoms with E-state index in [9.17, 15) is 15.0 Å². The molecule has 5 N–H and O–H groups in total. The summed E-state index contributed by atoms with van der Waals surface area (Å²) in [4.78, 5) is 29.7. The lowest BCUT2D eigenvalue weighted by molar-refractivity contribution is -0.159. The molecule has 0 aliphatic rings. The quantitative estimate of drug-likeness (QED) is 0.206. The van der Waals surface area contributed by atoms with Crippen LogP contribution in [0.1, 0.15) is 55.8 Å². The number of nitrogens with one attached hydrogen (secondary N) is 1. The average Bonchev–Trinajstić information content (AvgIpc) is 2.83. The molecule has 2 aromatic rings. The third-order valence-electron chi connectivity index (χ3n) is 5.33. The molecule has 2 unspecified atom stereocenters. The number of aliphatic hydroxyl groups excluding tert-OH is 1. The molecule has 2 atom stereocenters. The number of carbonyl (C=O) groups is 3. The Morgan fingerprint density at radius 3 is 1.85 bits per heavy atom. The van der Waals surface area contributed by atoms with Crippen LogP contribution in [0.25, 0.3) is 0 Å². The van der Waals surface area contributed by atoms with E-state index in [1.54, 1.807) is 0 Å². The van der Waals surface area contributed by atoms with Crippen molar-refractivity contribution in [2.75, 3.05) is 13.1 Å². The van der Waals surface area contributed by atoms with Crippen LogP contribution in [0, 0.1) is 5.92 Å². The third-order valence-corrected chi connectivity index (χ3v) is 5.33. The molecule has 0 heterocycles. The fraction of sp³-hybridized carbons (Fsp3) is 0.423. The lowest BCUT2D eigenvalue weighted by Crippen LogP contribution is -2.22. The van der Waals surface area contributed by atoms with Crippen molar-refractivity contribution >= 4 is 17.9 Å². The van der Waals surface area contributed by atoms with E-state index in [0.717, 1.165) is 50.6 Å². The van der Waals surface area contributed by atoms with E-state index in [4.69, 9.17) is 19.8 Å². The Balaban J connectivity index is 0.000000852. The van der Waals surface area contributed by atoms with Gasteiger partial charge in [-0.3, -0.25) is 4.79 Å². The van der Waals surface area contributed by atoms with Gasteiger partial charge in [0.25, 0.3) is 0 Å². The molecule has 0 radical (unpaired) electrons. The summed E-state index contributed by atoms with van der Waals surface area (Å²) in [7, 11) is 0. The number of aryl methyl sites for hydroxylation is 1. The zero-order valence-electron chi connectivity index (χ0n) is 19.3. The number of aliphatic hydroxyl groups is 1. The van der Waals surface area contributed by atoms with Crippen LogP contribution in [0.5, 0.6) is 0 Å². The van der Waals surface area contributed by atoms with Gasteiger partial charge in [0.2, 0.25) is 0 Å². The summed E-state index contributed by atoms with van der Waals surface area (Å²) < 4.78 is 0. The normalized spacial score (nSPS) is 12.1. The van der Waals surface area contributed by atoms with E-state index in [-0.39, 0.29) is 5.92 Å². The lowest BCUT2D eigenvalue weighted by Gasteiger charge is -2.13. The van der Waals surface area contributed by atoms with Gasteiger partial charge in [0, 0.05) is 6.54 Å². The van der Waals surface area contributed by atoms with Gasteiger partial charge in [0.15, 0.2) is 0 Å². The summed E-state index contributed by atoms with van der Waals surface area (Å²) in [5.74, 6) is -4.57. The van der Waals surface area contributed by atoms with Crippen molar-refractivity contribution in [3.63, 3.8) is 0 Å². The number of carboxylic acid groups (broad SMARTS) is 3. The van der Waals surface area contributed by atoms with E-state index in [1.807, 2.05) is 48.5 Å². The maximum atomic E-state index is 11.5. The van der Waals surface area contributed by atoms with Crippen LogP contribution in [-0.4, -0.2) is 51.4 Å². The fourth-order valence-corrected chi connectivity index (χ4v) is 3.40. The number of hydrogen-bond acceptors (Lipinski definition) is 5. The molecule has 8 heteroatoms. The third kappa shape index (κ3) is 13.3. The van der Waals surface area contributed by atoms with Gasteiger partial charge in [-0.25, -0.2) is 9.59 Å². The highest BCUT2D eigenvalue weighted by Crippen LogP contribution is 2.18. The van der Waals surface area contributed by atoms with Gasteiger partial charge in [-0.2, -0.15) is 0 Å². The largest absolute Gasteiger partial charge is 0.481 e. The summed E-state index contributed by atoms with van der Waals surface area (Å²) >= 11 is 0. The Hall–Kier alpha value is -3.23. The standard InChI is InChI=1S/C24H33NO3.C2H2O4/c26-23(21-13-8-4-9-14-21)19-25-18-10-2-1-7-15-22(24(27)28)17-16-20-11-5-3-6-12-20;3-1(4)2(5)6/h3-6,8-9,11-14,22-23,25-26H,1-2,7,10,15-19H2,(H,27,28);(H,3,4)(H,5,6). The first-order valence-corrected chi connectivity index (χ1v) is 11.5. The van der Waals surface area contributed by atoms with Crippen molar-refractivity contribution < 1.29 is 34.8 Å². The van der Waals surface area contributed by atoms with Crippen LogP contribution in [0.2, 0.25) is 0 Å². The number of benzene rings is 2. The number of unbranched alkanes of at least 4 members (excludes halogenated alkanes) is 3. The van der Waals surface area contributed by atoms with E-state index < -0.39 is 24.0 Å². The molecular weight excluding hydrogens is 438 g/mol. The number of rotatable bonds is 14. The number of hydrogen-bond donors (Lipinski definition) is 5. The van der Waals surface area contributed by atoms with Crippen LogP contribution in [0.3, 0.4) is 0 Å². The maximum absolute atomic E-state index is 11.5. The minimum Gasteiger partial charge on any atom is -0.481 e. The van der Waals surface area contributed by atoms with Gasteiger partial charge in [0.1, 0.15) is 0 Å². The van der Waals surface area contributed by atoms with Crippen LogP contribution < -0.4 is 5.32 Å². The molecule has 0 aromatic heterocycles. The summed E-state index contributed by atoms with van der Waals surface area (Å²) in [6.07, 6.45) is 5.95. The molecule has 0 saturated carbocycles. The van der Waals surface area contributed by atoms with Crippen molar-refractivity contribution in [2.45, 2.75) is 51.0 Å². The lowest BCUT2D eigenvalue weighted by atomic mass is 9.94.